The molecule has 0 unspecified atom stereocenters. The number of carbonyl (C=O) groups is 1. The van der Waals surface area contributed by atoms with Crippen LogP contribution in [0.2, 0.25) is 0 Å². The highest BCUT2D eigenvalue weighted by molar-refractivity contribution is 6.26. The molecule has 0 bridgehead atoms. The molecule has 0 spiro atoms. The van der Waals surface area contributed by atoms with Crippen molar-refractivity contribution in [2.75, 3.05) is 18.0 Å². The second kappa shape index (κ2) is 12.1. The van der Waals surface area contributed by atoms with Crippen LogP contribution in [0, 0.1) is 12.3 Å². The molecule has 4 nitrogen and oxygen atoms in total. The Bertz CT molecular complexity index is 775. The summed E-state index contributed by atoms with van der Waals surface area (Å²) >= 11 is 0. The molecule has 0 fully saturated rings. The van der Waals surface area contributed by atoms with Gasteiger partial charge in [-0.1, -0.05) is 84.4 Å². The Morgan fingerprint density at radius 3 is 2.10 bits per heavy atom. The van der Waals surface area contributed by atoms with Crippen molar-refractivity contribution in [2.24, 2.45) is 10.6 Å². The molecule has 1 heterocycles. The molecule has 0 N–H and O–H groups in total. The fraction of sp³-hybridized carbons (Fsp3) is 0.630. The van der Waals surface area contributed by atoms with E-state index in [0.29, 0.717) is 5.57 Å². The second-order valence-electron chi connectivity index (χ2n) is 9.78. The fourth-order valence-electron chi connectivity index (χ4n) is 3.95. The number of hydrogen-bond donors (Lipinski definition) is 0. The lowest BCUT2D eigenvalue weighted by Gasteiger charge is -2.26. The third-order valence-corrected chi connectivity index (χ3v) is 5.89. The van der Waals surface area contributed by atoms with Gasteiger partial charge < -0.3 is 9.74 Å². The summed E-state index contributed by atoms with van der Waals surface area (Å²) in [5, 5.41) is 4.03. The van der Waals surface area contributed by atoms with Crippen LogP contribution in [-0.2, 0) is 9.63 Å². The first-order valence-corrected chi connectivity index (χ1v) is 12.2. The minimum atomic E-state index is -0.359. The van der Waals surface area contributed by atoms with E-state index in [9.17, 15) is 4.79 Å². The van der Waals surface area contributed by atoms with Crippen molar-refractivity contribution in [3.8, 4) is 0 Å². The van der Waals surface area contributed by atoms with Gasteiger partial charge in [0, 0.05) is 24.2 Å². The zero-order chi connectivity index (χ0) is 22.9. The molecule has 1 aliphatic rings. The summed E-state index contributed by atoms with van der Waals surface area (Å²) in [6, 6.07) is 6.60. The Hall–Kier alpha value is -2.10. The quantitative estimate of drug-likeness (QED) is 0.200. The molecular weight excluding hydrogens is 384 g/mol. The lowest BCUT2D eigenvalue weighted by atomic mass is 9.85. The number of benzene rings is 1. The third kappa shape index (κ3) is 7.52. The maximum atomic E-state index is 12.3. The van der Waals surface area contributed by atoms with E-state index in [1.807, 2.05) is 26.8 Å². The maximum absolute atomic E-state index is 12.3. The number of oxime groups is 1. The Labute approximate surface area is 189 Å². The molecule has 0 saturated heterocycles. The molecule has 0 aromatic heterocycles. The standard InChI is InChI=1S/C27H42N2O2/c1-7-9-11-13-17-29(18-14-12-10-8-2)23-16-15-22(21(3)19-23)20-24-25(27(4,5)6)28-31-26(24)30/h15-16,19-20H,7-14,17-18H2,1-6H3/b24-20+. The minimum Gasteiger partial charge on any atom is -0.372 e. The predicted octanol–water partition coefficient (Wildman–Crippen LogP) is 7.30. The molecule has 2 rings (SSSR count). The zero-order valence-electron chi connectivity index (χ0n) is 20.6. The van der Waals surface area contributed by atoms with Gasteiger partial charge in [-0.2, -0.15) is 0 Å². The fourth-order valence-corrected chi connectivity index (χ4v) is 3.95. The zero-order valence-corrected chi connectivity index (χ0v) is 20.6. The van der Waals surface area contributed by atoms with Crippen molar-refractivity contribution in [3.63, 3.8) is 0 Å². The number of carbonyl (C=O) groups excluding carboxylic acids is 1. The first-order valence-electron chi connectivity index (χ1n) is 12.2. The van der Waals surface area contributed by atoms with Crippen molar-refractivity contribution >= 4 is 23.4 Å². The summed E-state index contributed by atoms with van der Waals surface area (Å²) < 4.78 is 0. The smallest absolute Gasteiger partial charge is 0.367 e. The molecule has 0 radical (unpaired) electrons. The summed E-state index contributed by atoms with van der Waals surface area (Å²) in [5.41, 5.74) is 4.55. The number of nitrogens with zero attached hydrogens (tertiary/aromatic N) is 2. The topological polar surface area (TPSA) is 41.9 Å². The maximum Gasteiger partial charge on any atom is 0.367 e. The Morgan fingerprint density at radius 1 is 0.968 bits per heavy atom. The van der Waals surface area contributed by atoms with Crippen LogP contribution in [0.25, 0.3) is 6.08 Å². The van der Waals surface area contributed by atoms with Crippen molar-refractivity contribution in [2.45, 2.75) is 92.9 Å². The van der Waals surface area contributed by atoms with Crippen molar-refractivity contribution in [1.82, 2.24) is 0 Å². The van der Waals surface area contributed by atoms with Crippen LogP contribution < -0.4 is 4.90 Å². The Kier molecular flexibility index (Phi) is 9.80. The molecule has 4 heteroatoms. The SMILES string of the molecule is CCCCCCN(CCCCCC)c1ccc(/C=C2/C(=O)ON=C2C(C)(C)C)c(C)c1. The number of unbranched alkanes of at least 4 members (excludes halogenated alkanes) is 6. The van der Waals surface area contributed by atoms with E-state index in [-0.39, 0.29) is 11.4 Å². The lowest BCUT2D eigenvalue weighted by Crippen LogP contribution is -2.26. The van der Waals surface area contributed by atoms with Gasteiger partial charge in [-0.15, -0.1) is 0 Å². The van der Waals surface area contributed by atoms with Gasteiger partial charge in [0.25, 0.3) is 0 Å². The van der Waals surface area contributed by atoms with Crippen LogP contribution in [0.4, 0.5) is 5.69 Å². The highest BCUT2D eigenvalue weighted by atomic mass is 16.7. The minimum absolute atomic E-state index is 0.236. The third-order valence-electron chi connectivity index (χ3n) is 5.89. The van der Waals surface area contributed by atoms with Crippen LogP contribution >= 0.6 is 0 Å². The van der Waals surface area contributed by atoms with Gasteiger partial charge >= 0.3 is 5.97 Å². The molecule has 1 aromatic rings. The predicted molar refractivity (Wildman–Crippen MR) is 133 cm³/mol. The average molecular weight is 427 g/mol. The highest BCUT2D eigenvalue weighted by Gasteiger charge is 2.33. The van der Waals surface area contributed by atoms with E-state index < -0.39 is 0 Å². The first kappa shape index (κ1) is 25.2. The molecular formula is C27H42N2O2. The summed E-state index contributed by atoms with van der Waals surface area (Å²) in [5.74, 6) is -0.359. The number of anilines is 1. The van der Waals surface area contributed by atoms with Crippen LogP contribution in [0.5, 0.6) is 0 Å². The largest absolute Gasteiger partial charge is 0.372 e. The van der Waals surface area contributed by atoms with Gasteiger partial charge in [0.05, 0.1) is 5.57 Å². The molecule has 0 aliphatic carbocycles. The van der Waals surface area contributed by atoms with Crippen LogP contribution in [0.1, 0.15) is 97.1 Å². The van der Waals surface area contributed by atoms with Gasteiger partial charge in [-0.05, 0) is 49.1 Å². The van der Waals surface area contributed by atoms with E-state index in [1.54, 1.807) is 0 Å². The van der Waals surface area contributed by atoms with Crippen LogP contribution in [-0.4, -0.2) is 24.8 Å². The van der Waals surface area contributed by atoms with Gasteiger partial charge in [0.15, 0.2) is 0 Å². The molecule has 172 valence electrons. The van der Waals surface area contributed by atoms with Crippen molar-refractivity contribution < 1.29 is 9.63 Å². The Balaban J connectivity index is 2.19. The molecule has 1 aliphatic heterocycles. The van der Waals surface area contributed by atoms with E-state index in [0.717, 1.165) is 24.4 Å². The summed E-state index contributed by atoms with van der Waals surface area (Å²) in [7, 11) is 0. The summed E-state index contributed by atoms with van der Waals surface area (Å²) in [4.78, 5) is 19.8. The van der Waals surface area contributed by atoms with Crippen LogP contribution in [0.15, 0.2) is 28.9 Å². The average Bonchev–Trinajstić information content (AvgIpc) is 3.09. The molecule has 0 atom stereocenters. The van der Waals surface area contributed by atoms with Crippen molar-refractivity contribution in [1.29, 1.82) is 0 Å². The molecule has 0 saturated carbocycles. The van der Waals surface area contributed by atoms with Gasteiger partial charge in [0.2, 0.25) is 0 Å². The van der Waals surface area contributed by atoms with Crippen LogP contribution in [0.3, 0.4) is 0 Å². The van der Waals surface area contributed by atoms with E-state index in [1.165, 1.54) is 62.6 Å². The second-order valence-corrected chi connectivity index (χ2v) is 9.78. The van der Waals surface area contributed by atoms with E-state index in [2.05, 4.69) is 49.0 Å². The van der Waals surface area contributed by atoms with E-state index >= 15 is 0 Å². The molecule has 1 aromatic carbocycles. The van der Waals surface area contributed by atoms with Gasteiger partial charge in [-0.25, -0.2) is 4.79 Å². The van der Waals surface area contributed by atoms with Crippen molar-refractivity contribution in [3.05, 3.63) is 34.9 Å². The summed E-state index contributed by atoms with van der Waals surface area (Å²) in [6.07, 6.45) is 12.2. The molecule has 0 amide bonds. The monoisotopic (exact) mass is 426 g/mol. The van der Waals surface area contributed by atoms with E-state index in [4.69, 9.17) is 4.84 Å². The number of aryl methyl sites for hydroxylation is 1. The normalized spacial score (nSPS) is 15.4. The van der Waals surface area contributed by atoms with Gasteiger partial charge in [-0.3, -0.25) is 0 Å². The lowest BCUT2D eigenvalue weighted by molar-refractivity contribution is -0.136. The number of hydrogen-bond acceptors (Lipinski definition) is 4. The first-order chi connectivity index (χ1) is 14.8. The summed E-state index contributed by atoms with van der Waals surface area (Å²) in [6.45, 7) is 15.0. The highest BCUT2D eigenvalue weighted by Crippen LogP contribution is 2.30. The van der Waals surface area contributed by atoms with Gasteiger partial charge in [0.1, 0.15) is 5.71 Å². The number of rotatable bonds is 12. The Morgan fingerprint density at radius 2 is 1.58 bits per heavy atom. The molecule has 31 heavy (non-hydrogen) atoms.